The maximum Gasteiger partial charge on any atom is 0.251 e. The first kappa shape index (κ1) is 19.8. The third-order valence-electron chi connectivity index (χ3n) is 6.44. The topological polar surface area (TPSA) is 65.4 Å². The Kier molecular flexibility index (Phi) is 4.98. The number of aryl methyl sites for hydroxylation is 1. The van der Waals surface area contributed by atoms with Gasteiger partial charge in [-0.2, -0.15) is 0 Å². The molecule has 2 aromatic heterocycles. The fourth-order valence-electron chi connectivity index (χ4n) is 4.35. The van der Waals surface area contributed by atoms with Crippen molar-refractivity contribution in [1.82, 2.24) is 15.0 Å². The minimum Gasteiger partial charge on any atom is -0.354 e. The van der Waals surface area contributed by atoms with Crippen molar-refractivity contribution in [2.24, 2.45) is 0 Å². The van der Waals surface area contributed by atoms with Crippen LogP contribution >= 0.6 is 0 Å². The van der Waals surface area contributed by atoms with Crippen LogP contribution in [0.15, 0.2) is 45.7 Å². The van der Waals surface area contributed by atoms with Crippen LogP contribution in [-0.4, -0.2) is 47.8 Å². The van der Waals surface area contributed by atoms with Gasteiger partial charge < -0.3 is 14.4 Å². The van der Waals surface area contributed by atoms with Crippen molar-refractivity contribution in [2.45, 2.75) is 20.3 Å². The summed E-state index contributed by atoms with van der Waals surface area (Å²) in [5, 5.41) is 6.15. The number of aromatic amines is 1. The van der Waals surface area contributed by atoms with Gasteiger partial charge in [0, 0.05) is 55.3 Å². The monoisotopic (exact) mass is 420 g/mol. The summed E-state index contributed by atoms with van der Waals surface area (Å²) in [5.74, 6) is 0.481. The molecule has 1 aliphatic heterocycles. The van der Waals surface area contributed by atoms with Gasteiger partial charge >= 0.3 is 0 Å². The van der Waals surface area contributed by atoms with Gasteiger partial charge in [0.2, 0.25) is 0 Å². The molecule has 0 amide bonds. The Morgan fingerprint density at radius 1 is 1.03 bits per heavy atom. The number of fused-ring (bicyclic) bond motifs is 2. The average molecular weight is 420 g/mol. The van der Waals surface area contributed by atoms with Crippen LogP contribution < -0.4 is 10.5 Å². The predicted molar refractivity (Wildman–Crippen MR) is 120 cm³/mol. The maximum atomic E-state index is 13.4. The predicted octanol–water partition coefficient (Wildman–Crippen LogP) is 3.79. The van der Waals surface area contributed by atoms with E-state index in [0.29, 0.717) is 5.58 Å². The molecule has 1 fully saturated rings. The molecule has 4 aromatic rings. The highest BCUT2D eigenvalue weighted by molar-refractivity contribution is 5.88. The lowest BCUT2D eigenvalue weighted by molar-refractivity contribution is 0.259. The van der Waals surface area contributed by atoms with E-state index in [1.54, 1.807) is 6.07 Å². The number of pyridine rings is 1. The number of aromatic nitrogens is 2. The van der Waals surface area contributed by atoms with E-state index in [1.165, 1.54) is 17.7 Å². The summed E-state index contributed by atoms with van der Waals surface area (Å²) in [7, 11) is 0. The first-order chi connectivity index (χ1) is 15.0. The minimum atomic E-state index is -0.314. The van der Waals surface area contributed by atoms with Crippen molar-refractivity contribution in [1.29, 1.82) is 0 Å². The van der Waals surface area contributed by atoms with Crippen LogP contribution in [0, 0.1) is 19.7 Å². The van der Waals surface area contributed by atoms with E-state index in [9.17, 15) is 9.18 Å². The fourth-order valence-corrected chi connectivity index (χ4v) is 4.35. The lowest BCUT2D eigenvalue weighted by Crippen LogP contribution is -2.47. The van der Waals surface area contributed by atoms with E-state index in [1.807, 2.05) is 19.9 Å². The number of halogens is 1. The fraction of sp³-hybridized carbons (Fsp3) is 0.333. The number of H-pyrrole nitrogens is 1. The smallest absolute Gasteiger partial charge is 0.251 e. The first-order valence-corrected chi connectivity index (χ1v) is 10.6. The molecule has 31 heavy (non-hydrogen) atoms. The molecule has 0 atom stereocenters. The molecule has 0 bridgehead atoms. The number of nitrogens with one attached hydrogen (secondary N) is 1. The molecule has 1 aliphatic rings. The Morgan fingerprint density at radius 2 is 1.84 bits per heavy atom. The van der Waals surface area contributed by atoms with E-state index < -0.39 is 0 Å². The Labute approximate surface area is 179 Å². The van der Waals surface area contributed by atoms with Crippen LogP contribution in [0.25, 0.3) is 21.9 Å². The van der Waals surface area contributed by atoms with Crippen LogP contribution in [0.5, 0.6) is 0 Å². The van der Waals surface area contributed by atoms with Crippen LogP contribution in [0.4, 0.5) is 10.2 Å². The molecular weight excluding hydrogens is 395 g/mol. The SMILES string of the molecule is Cc1c(C)c2cc(CCN3CCN(c4noc5cc(F)ccc45)CC3)ccc2[nH]c1=O. The number of hydrogen-bond donors (Lipinski definition) is 1. The van der Waals surface area contributed by atoms with Crippen molar-refractivity contribution >= 4 is 27.7 Å². The van der Waals surface area contributed by atoms with Gasteiger partial charge in [-0.3, -0.25) is 9.69 Å². The van der Waals surface area contributed by atoms with Crippen molar-refractivity contribution in [2.75, 3.05) is 37.6 Å². The summed E-state index contributed by atoms with van der Waals surface area (Å²) in [6, 6.07) is 10.9. The molecule has 2 aromatic carbocycles. The van der Waals surface area contributed by atoms with E-state index >= 15 is 0 Å². The zero-order valence-corrected chi connectivity index (χ0v) is 17.7. The van der Waals surface area contributed by atoms with E-state index in [-0.39, 0.29) is 11.4 Å². The van der Waals surface area contributed by atoms with Crippen molar-refractivity contribution in [3.05, 3.63) is 69.3 Å². The minimum absolute atomic E-state index is 0.0133. The zero-order chi connectivity index (χ0) is 21.5. The van der Waals surface area contributed by atoms with Crippen molar-refractivity contribution in [3.8, 4) is 0 Å². The normalized spacial score (nSPS) is 15.3. The second kappa shape index (κ2) is 7.81. The quantitative estimate of drug-likeness (QED) is 0.544. The van der Waals surface area contributed by atoms with Crippen molar-refractivity contribution in [3.63, 3.8) is 0 Å². The van der Waals surface area contributed by atoms with Gasteiger partial charge in [0.15, 0.2) is 11.4 Å². The molecule has 0 aliphatic carbocycles. The average Bonchev–Trinajstić information content (AvgIpc) is 3.20. The van der Waals surface area contributed by atoms with Crippen LogP contribution in [0.2, 0.25) is 0 Å². The first-order valence-electron chi connectivity index (χ1n) is 10.6. The van der Waals surface area contributed by atoms with Gasteiger partial charge in [0.05, 0.1) is 5.39 Å². The van der Waals surface area contributed by atoms with Gasteiger partial charge in [0.1, 0.15) is 5.82 Å². The van der Waals surface area contributed by atoms with Gasteiger partial charge in [-0.1, -0.05) is 11.2 Å². The highest BCUT2D eigenvalue weighted by atomic mass is 19.1. The molecule has 3 heterocycles. The van der Waals surface area contributed by atoms with Gasteiger partial charge in [-0.25, -0.2) is 4.39 Å². The number of anilines is 1. The molecule has 0 radical (unpaired) electrons. The molecule has 1 N–H and O–H groups in total. The lowest BCUT2D eigenvalue weighted by atomic mass is 10.0. The molecule has 5 rings (SSSR count). The largest absolute Gasteiger partial charge is 0.354 e. The van der Waals surface area contributed by atoms with E-state index in [2.05, 4.69) is 32.1 Å². The molecule has 0 unspecified atom stereocenters. The Hall–Kier alpha value is -3.19. The summed E-state index contributed by atoms with van der Waals surface area (Å²) >= 11 is 0. The van der Waals surface area contributed by atoms with E-state index in [0.717, 1.165) is 72.4 Å². The molecular formula is C24H25FN4O2. The second-order valence-corrected chi connectivity index (χ2v) is 8.31. The number of piperazine rings is 1. The molecule has 7 heteroatoms. The lowest BCUT2D eigenvalue weighted by Gasteiger charge is -2.34. The van der Waals surface area contributed by atoms with Gasteiger partial charge in [0.25, 0.3) is 5.56 Å². The van der Waals surface area contributed by atoms with E-state index in [4.69, 9.17) is 4.52 Å². The summed E-state index contributed by atoms with van der Waals surface area (Å²) in [6.07, 6.45) is 0.958. The third-order valence-corrected chi connectivity index (χ3v) is 6.44. The summed E-state index contributed by atoms with van der Waals surface area (Å²) in [4.78, 5) is 19.6. The number of benzene rings is 2. The summed E-state index contributed by atoms with van der Waals surface area (Å²) in [6.45, 7) is 8.45. The summed E-state index contributed by atoms with van der Waals surface area (Å²) in [5.41, 5.74) is 4.47. The zero-order valence-electron chi connectivity index (χ0n) is 17.7. The van der Waals surface area contributed by atoms with Crippen LogP contribution in [0.1, 0.15) is 16.7 Å². The molecule has 0 spiro atoms. The third kappa shape index (κ3) is 3.70. The Balaban J connectivity index is 1.23. The van der Waals surface area contributed by atoms with Crippen LogP contribution in [-0.2, 0) is 6.42 Å². The Bertz CT molecular complexity index is 1320. The second-order valence-electron chi connectivity index (χ2n) is 8.31. The van der Waals surface area contributed by atoms with Gasteiger partial charge in [-0.15, -0.1) is 0 Å². The highest BCUT2D eigenvalue weighted by Crippen LogP contribution is 2.27. The number of nitrogens with zero attached hydrogens (tertiary/aromatic N) is 3. The van der Waals surface area contributed by atoms with Crippen molar-refractivity contribution < 1.29 is 8.91 Å². The molecule has 6 nitrogen and oxygen atoms in total. The van der Waals surface area contributed by atoms with Gasteiger partial charge in [-0.05, 0) is 55.7 Å². The molecule has 160 valence electrons. The standard InChI is InChI=1S/C24H25FN4O2/c1-15-16(2)24(30)26-21-6-3-17(13-20(15)21)7-8-28-9-11-29(12-10-28)23-19-5-4-18(25)14-22(19)31-27-23/h3-6,13-14H,7-12H2,1-2H3,(H,26,30). The molecule has 0 saturated carbocycles. The number of hydrogen-bond acceptors (Lipinski definition) is 5. The Morgan fingerprint density at radius 3 is 2.65 bits per heavy atom. The highest BCUT2D eigenvalue weighted by Gasteiger charge is 2.21. The molecule has 1 saturated heterocycles. The number of rotatable bonds is 4. The maximum absolute atomic E-state index is 13.4. The van der Waals surface area contributed by atoms with Crippen LogP contribution in [0.3, 0.4) is 0 Å². The summed E-state index contributed by atoms with van der Waals surface area (Å²) < 4.78 is 18.7.